The van der Waals surface area contributed by atoms with Crippen molar-refractivity contribution in [3.05, 3.63) is 42.0 Å². The van der Waals surface area contributed by atoms with E-state index in [1.54, 1.807) is 0 Å². The quantitative estimate of drug-likeness (QED) is 0.590. The lowest BCUT2D eigenvalue weighted by Crippen LogP contribution is -2.13. The highest BCUT2D eigenvalue weighted by Crippen LogP contribution is 2.12. The Balaban J connectivity index is 1.96. The van der Waals surface area contributed by atoms with Gasteiger partial charge in [-0.1, -0.05) is 36.4 Å². The van der Waals surface area contributed by atoms with Crippen molar-refractivity contribution in [2.45, 2.75) is 6.92 Å². The van der Waals surface area contributed by atoms with Crippen molar-refractivity contribution in [3.8, 4) is 12.0 Å². The molecule has 2 rings (SSSR count). The molecule has 110 valence electrons. The minimum Gasteiger partial charge on any atom is -0.464 e. The average Bonchev–Trinajstić information content (AvgIpc) is 2.53. The zero-order valence-electron chi connectivity index (χ0n) is 11.7. The number of anilines is 1. The molecule has 2 aromatic rings. The van der Waals surface area contributed by atoms with Crippen LogP contribution < -0.4 is 20.7 Å². The maximum absolute atomic E-state index is 5.43. The second-order valence-electron chi connectivity index (χ2n) is 3.93. The number of aromatic nitrogens is 3. The lowest BCUT2D eigenvalue weighted by atomic mass is 10.2. The number of ether oxygens (including phenoxy) is 2. The molecule has 7 nitrogen and oxygen atoms in total. The molecule has 0 radical (unpaired) electrons. The van der Waals surface area contributed by atoms with E-state index in [0.29, 0.717) is 13.2 Å². The molecule has 0 saturated heterocycles. The summed E-state index contributed by atoms with van der Waals surface area (Å²) in [6.07, 6.45) is 3.82. The number of nitrogen functional groups attached to an aromatic ring is 1. The van der Waals surface area contributed by atoms with Crippen LogP contribution >= 0.6 is 0 Å². The van der Waals surface area contributed by atoms with Crippen molar-refractivity contribution in [3.63, 3.8) is 0 Å². The lowest BCUT2D eigenvalue weighted by Gasteiger charge is -2.06. The molecular weight excluding hydrogens is 270 g/mol. The number of nitrogens with zero attached hydrogens (tertiary/aromatic N) is 3. The standard InChI is InChI=1S/C14H17N5O2/c1-2-20-13-16-12(19-15)17-14(18-13)21-10-6-9-11-7-4-3-5-8-11/h3-9H,2,10,15H2,1H3,(H,16,17,18,19)/b9-6+. The Bertz CT molecular complexity index is 589. The minimum atomic E-state index is 0.152. The van der Waals surface area contributed by atoms with Crippen LogP contribution in [0.3, 0.4) is 0 Å². The van der Waals surface area contributed by atoms with Gasteiger partial charge in [-0.2, -0.15) is 9.97 Å². The van der Waals surface area contributed by atoms with Gasteiger partial charge in [0.25, 0.3) is 0 Å². The largest absolute Gasteiger partial charge is 0.464 e. The molecular formula is C14H17N5O2. The zero-order valence-corrected chi connectivity index (χ0v) is 11.7. The van der Waals surface area contributed by atoms with Gasteiger partial charge in [0, 0.05) is 0 Å². The maximum atomic E-state index is 5.43. The van der Waals surface area contributed by atoms with Crippen molar-refractivity contribution in [1.29, 1.82) is 0 Å². The van der Waals surface area contributed by atoms with Crippen LogP contribution in [0, 0.1) is 0 Å². The summed E-state index contributed by atoms with van der Waals surface area (Å²) in [5.74, 6) is 5.48. The second-order valence-corrected chi connectivity index (χ2v) is 3.93. The molecule has 0 spiro atoms. The van der Waals surface area contributed by atoms with E-state index in [2.05, 4.69) is 20.4 Å². The van der Waals surface area contributed by atoms with Crippen LogP contribution in [0.25, 0.3) is 6.08 Å². The number of nitrogens with one attached hydrogen (secondary N) is 1. The number of hydrogen-bond acceptors (Lipinski definition) is 7. The fraction of sp³-hybridized carbons (Fsp3) is 0.214. The first-order valence-corrected chi connectivity index (χ1v) is 6.51. The molecule has 0 fully saturated rings. The third kappa shape index (κ3) is 4.73. The van der Waals surface area contributed by atoms with Crippen LogP contribution in [-0.2, 0) is 0 Å². The first-order valence-electron chi connectivity index (χ1n) is 6.51. The van der Waals surface area contributed by atoms with Crippen molar-refractivity contribution in [2.75, 3.05) is 18.6 Å². The molecule has 1 heterocycles. The summed E-state index contributed by atoms with van der Waals surface area (Å²) in [5, 5.41) is 0. The average molecular weight is 287 g/mol. The van der Waals surface area contributed by atoms with Gasteiger partial charge in [0.05, 0.1) is 6.61 Å². The Morgan fingerprint density at radius 3 is 2.48 bits per heavy atom. The Hall–Kier alpha value is -2.67. The van der Waals surface area contributed by atoms with Gasteiger partial charge in [0.1, 0.15) is 6.61 Å². The van der Waals surface area contributed by atoms with Crippen LogP contribution in [-0.4, -0.2) is 28.2 Å². The summed E-state index contributed by atoms with van der Waals surface area (Å²) >= 11 is 0. The van der Waals surface area contributed by atoms with Crippen molar-refractivity contribution >= 4 is 12.0 Å². The van der Waals surface area contributed by atoms with E-state index in [-0.39, 0.29) is 18.0 Å². The number of hydrogen-bond donors (Lipinski definition) is 2. The third-order valence-corrected chi connectivity index (χ3v) is 2.42. The summed E-state index contributed by atoms with van der Waals surface area (Å²) < 4.78 is 10.6. The molecule has 3 N–H and O–H groups in total. The second kappa shape index (κ2) is 7.81. The summed E-state index contributed by atoms with van der Waals surface area (Å²) in [5.41, 5.74) is 3.44. The van der Waals surface area contributed by atoms with E-state index in [1.807, 2.05) is 49.4 Å². The van der Waals surface area contributed by atoms with Gasteiger partial charge in [0.2, 0.25) is 5.95 Å². The van der Waals surface area contributed by atoms with Crippen LogP contribution in [0.2, 0.25) is 0 Å². The van der Waals surface area contributed by atoms with E-state index in [9.17, 15) is 0 Å². The van der Waals surface area contributed by atoms with E-state index in [0.717, 1.165) is 5.56 Å². The Kier molecular flexibility index (Phi) is 5.48. The highest BCUT2D eigenvalue weighted by molar-refractivity contribution is 5.48. The first-order chi connectivity index (χ1) is 10.3. The number of hydrazine groups is 1. The SMILES string of the molecule is CCOc1nc(NN)nc(OC/C=C/c2ccccc2)n1. The van der Waals surface area contributed by atoms with Crippen molar-refractivity contribution < 1.29 is 9.47 Å². The Morgan fingerprint density at radius 2 is 1.81 bits per heavy atom. The van der Waals surface area contributed by atoms with Gasteiger partial charge in [-0.25, -0.2) is 5.84 Å². The molecule has 21 heavy (non-hydrogen) atoms. The van der Waals surface area contributed by atoms with E-state index in [1.165, 1.54) is 0 Å². The number of nitrogens with two attached hydrogens (primary N) is 1. The van der Waals surface area contributed by atoms with E-state index < -0.39 is 0 Å². The Labute approximate surface area is 122 Å². The highest BCUT2D eigenvalue weighted by atomic mass is 16.5. The van der Waals surface area contributed by atoms with Gasteiger partial charge >= 0.3 is 12.0 Å². The molecule has 0 atom stereocenters. The molecule has 0 amide bonds. The van der Waals surface area contributed by atoms with Gasteiger partial charge in [0.15, 0.2) is 0 Å². The summed E-state index contributed by atoms with van der Waals surface area (Å²) in [6.45, 7) is 2.61. The first kappa shape index (κ1) is 14.7. The predicted molar refractivity (Wildman–Crippen MR) is 79.8 cm³/mol. The van der Waals surface area contributed by atoms with E-state index in [4.69, 9.17) is 15.3 Å². The van der Waals surface area contributed by atoms with E-state index >= 15 is 0 Å². The summed E-state index contributed by atoms with van der Waals surface area (Å²) in [6, 6.07) is 10.2. The van der Waals surface area contributed by atoms with Gasteiger partial charge < -0.3 is 9.47 Å². The molecule has 0 saturated carbocycles. The monoisotopic (exact) mass is 287 g/mol. The Morgan fingerprint density at radius 1 is 1.10 bits per heavy atom. The predicted octanol–water partition coefficient (Wildman–Crippen LogP) is 1.65. The van der Waals surface area contributed by atoms with Crippen molar-refractivity contribution in [1.82, 2.24) is 15.0 Å². The van der Waals surface area contributed by atoms with Gasteiger partial charge in [-0.15, -0.1) is 4.98 Å². The number of rotatable bonds is 7. The topological polar surface area (TPSA) is 95.2 Å². The fourth-order valence-electron chi connectivity index (χ4n) is 1.53. The summed E-state index contributed by atoms with van der Waals surface area (Å²) in [7, 11) is 0. The number of benzene rings is 1. The molecule has 1 aromatic carbocycles. The zero-order chi connectivity index (χ0) is 14.9. The molecule has 0 aliphatic rings. The van der Waals surface area contributed by atoms with Crippen LogP contribution in [0.5, 0.6) is 12.0 Å². The lowest BCUT2D eigenvalue weighted by molar-refractivity contribution is 0.288. The van der Waals surface area contributed by atoms with Crippen molar-refractivity contribution in [2.24, 2.45) is 5.84 Å². The fourth-order valence-corrected chi connectivity index (χ4v) is 1.53. The normalized spacial score (nSPS) is 10.6. The molecule has 0 unspecified atom stereocenters. The van der Waals surface area contributed by atoms with Crippen LogP contribution in [0.15, 0.2) is 36.4 Å². The van der Waals surface area contributed by atoms with Crippen LogP contribution in [0.4, 0.5) is 5.95 Å². The van der Waals surface area contributed by atoms with Gasteiger partial charge in [-0.05, 0) is 18.6 Å². The molecule has 0 aliphatic heterocycles. The smallest absolute Gasteiger partial charge is 0.324 e. The molecule has 0 bridgehead atoms. The maximum Gasteiger partial charge on any atom is 0.324 e. The van der Waals surface area contributed by atoms with Gasteiger partial charge in [-0.3, -0.25) is 5.43 Å². The molecule has 7 heteroatoms. The highest BCUT2D eigenvalue weighted by Gasteiger charge is 2.06. The van der Waals surface area contributed by atoms with Crippen LogP contribution in [0.1, 0.15) is 12.5 Å². The molecule has 1 aromatic heterocycles. The third-order valence-electron chi connectivity index (χ3n) is 2.42. The summed E-state index contributed by atoms with van der Waals surface area (Å²) in [4.78, 5) is 11.9. The molecule has 0 aliphatic carbocycles. The minimum absolute atomic E-state index is 0.152.